The summed E-state index contributed by atoms with van der Waals surface area (Å²) in [6, 6.07) is 21.6. The summed E-state index contributed by atoms with van der Waals surface area (Å²) in [5.41, 5.74) is 6.69. The summed E-state index contributed by atoms with van der Waals surface area (Å²) >= 11 is 1.61. The Hall–Kier alpha value is -3.97. The number of fused-ring (bicyclic) bond motifs is 1. The van der Waals surface area contributed by atoms with Gasteiger partial charge in [0.05, 0.1) is 22.3 Å². The van der Waals surface area contributed by atoms with E-state index < -0.39 is 0 Å². The van der Waals surface area contributed by atoms with Gasteiger partial charge in [0.25, 0.3) is 5.91 Å². The van der Waals surface area contributed by atoms with Crippen molar-refractivity contribution in [2.24, 2.45) is 5.10 Å². The standard InChI is InChI=1S/C23H17N5OS/c29-23(19-14-24-20-10-5-4-9-18(19)20)26-25-13-16-15-28(17-7-2-1-3-8-17)27-22(16)21-11-6-12-30-21/h1-15,24H,(H,26,29)/b25-13-. The lowest BCUT2D eigenvalue weighted by atomic mass is 10.2. The number of para-hydroxylation sites is 2. The van der Waals surface area contributed by atoms with Gasteiger partial charge in [-0.2, -0.15) is 10.2 Å². The summed E-state index contributed by atoms with van der Waals surface area (Å²) in [7, 11) is 0. The molecule has 0 aliphatic rings. The number of aromatic amines is 1. The maximum Gasteiger partial charge on any atom is 0.273 e. The molecule has 3 aromatic heterocycles. The Morgan fingerprint density at radius 3 is 2.73 bits per heavy atom. The Morgan fingerprint density at radius 1 is 1.07 bits per heavy atom. The number of carbonyl (C=O) groups excluding carboxylic acids is 1. The molecule has 0 bridgehead atoms. The first kappa shape index (κ1) is 18.1. The molecule has 146 valence electrons. The van der Waals surface area contributed by atoms with E-state index in [1.54, 1.807) is 23.7 Å². The number of hydrazone groups is 1. The Bertz CT molecular complexity index is 1330. The average Bonchev–Trinajstić information content (AvgIpc) is 3.53. The van der Waals surface area contributed by atoms with Crippen molar-refractivity contribution in [1.82, 2.24) is 20.2 Å². The van der Waals surface area contributed by atoms with Crippen LogP contribution in [-0.2, 0) is 0 Å². The second-order valence-electron chi connectivity index (χ2n) is 6.64. The summed E-state index contributed by atoms with van der Waals surface area (Å²) < 4.78 is 1.82. The van der Waals surface area contributed by atoms with E-state index in [4.69, 9.17) is 5.10 Å². The Balaban J connectivity index is 1.43. The van der Waals surface area contributed by atoms with Gasteiger partial charge < -0.3 is 4.98 Å². The Labute approximate surface area is 176 Å². The van der Waals surface area contributed by atoms with E-state index in [0.29, 0.717) is 5.56 Å². The third-order valence-electron chi connectivity index (χ3n) is 4.72. The van der Waals surface area contributed by atoms with E-state index in [-0.39, 0.29) is 5.91 Å². The van der Waals surface area contributed by atoms with E-state index in [9.17, 15) is 4.79 Å². The zero-order chi connectivity index (χ0) is 20.3. The van der Waals surface area contributed by atoms with Crippen LogP contribution in [0.4, 0.5) is 0 Å². The topological polar surface area (TPSA) is 75.1 Å². The molecule has 0 fully saturated rings. The molecule has 5 aromatic rings. The van der Waals surface area contributed by atoms with Crippen molar-refractivity contribution in [3.05, 3.63) is 95.6 Å². The lowest BCUT2D eigenvalue weighted by Crippen LogP contribution is -2.17. The van der Waals surface area contributed by atoms with Gasteiger partial charge in [-0.3, -0.25) is 4.79 Å². The molecular formula is C23H17N5OS. The molecule has 0 spiro atoms. The monoisotopic (exact) mass is 411 g/mol. The first-order valence-corrected chi connectivity index (χ1v) is 10.3. The first-order chi connectivity index (χ1) is 14.8. The smallest absolute Gasteiger partial charge is 0.273 e. The van der Waals surface area contributed by atoms with E-state index in [1.165, 1.54) is 0 Å². The molecule has 0 aliphatic carbocycles. The van der Waals surface area contributed by atoms with E-state index in [0.717, 1.165) is 32.7 Å². The van der Waals surface area contributed by atoms with Crippen LogP contribution in [0.5, 0.6) is 0 Å². The van der Waals surface area contributed by atoms with Crippen LogP contribution in [0.15, 0.2) is 89.6 Å². The number of aromatic nitrogens is 3. The minimum atomic E-state index is -0.267. The second kappa shape index (κ2) is 7.81. The van der Waals surface area contributed by atoms with Crippen molar-refractivity contribution in [3.63, 3.8) is 0 Å². The fourth-order valence-corrected chi connectivity index (χ4v) is 4.01. The summed E-state index contributed by atoms with van der Waals surface area (Å²) in [6.07, 6.45) is 5.24. The molecule has 0 saturated carbocycles. The highest BCUT2D eigenvalue weighted by atomic mass is 32.1. The number of nitrogens with zero attached hydrogens (tertiary/aromatic N) is 3. The number of amides is 1. The molecule has 6 nitrogen and oxygen atoms in total. The maximum absolute atomic E-state index is 12.6. The van der Waals surface area contributed by atoms with Gasteiger partial charge in [0.15, 0.2) is 0 Å². The lowest BCUT2D eigenvalue weighted by Gasteiger charge is -1.98. The third-order valence-corrected chi connectivity index (χ3v) is 5.60. The van der Waals surface area contributed by atoms with Crippen LogP contribution < -0.4 is 5.43 Å². The number of rotatable bonds is 5. The van der Waals surface area contributed by atoms with Gasteiger partial charge in [0.2, 0.25) is 0 Å². The summed E-state index contributed by atoms with van der Waals surface area (Å²) in [6.45, 7) is 0. The van der Waals surface area contributed by atoms with Crippen molar-refractivity contribution in [2.45, 2.75) is 0 Å². The zero-order valence-corrected chi connectivity index (χ0v) is 16.6. The van der Waals surface area contributed by atoms with Gasteiger partial charge in [0.1, 0.15) is 5.69 Å². The average molecular weight is 411 g/mol. The maximum atomic E-state index is 12.6. The lowest BCUT2D eigenvalue weighted by molar-refractivity contribution is 0.0957. The number of hydrogen-bond donors (Lipinski definition) is 2. The molecule has 30 heavy (non-hydrogen) atoms. The van der Waals surface area contributed by atoms with Crippen LogP contribution in [0.25, 0.3) is 27.2 Å². The van der Waals surface area contributed by atoms with E-state index in [2.05, 4.69) is 15.5 Å². The van der Waals surface area contributed by atoms with Crippen LogP contribution in [0.3, 0.4) is 0 Å². The molecule has 0 aliphatic heterocycles. The Kier molecular flexibility index (Phi) is 4.71. The van der Waals surface area contributed by atoms with Gasteiger partial charge in [-0.25, -0.2) is 10.1 Å². The van der Waals surface area contributed by atoms with Crippen molar-refractivity contribution in [3.8, 4) is 16.3 Å². The molecule has 2 aromatic carbocycles. The molecule has 1 amide bonds. The molecule has 3 heterocycles. The van der Waals surface area contributed by atoms with E-state index >= 15 is 0 Å². The second-order valence-corrected chi connectivity index (χ2v) is 7.59. The number of H-pyrrole nitrogens is 1. The SMILES string of the molecule is O=C(N/N=C\c1cn(-c2ccccc2)nc1-c1cccs1)c1c[nH]c2ccccc12. The predicted molar refractivity (Wildman–Crippen MR) is 120 cm³/mol. The van der Waals surface area contributed by atoms with Crippen LogP contribution in [0.2, 0.25) is 0 Å². The summed E-state index contributed by atoms with van der Waals surface area (Å²) in [5.74, 6) is -0.267. The third kappa shape index (κ3) is 3.42. The van der Waals surface area contributed by atoms with Gasteiger partial charge >= 0.3 is 0 Å². The molecular weight excluding hydrogens is 394 g/mol. The summed E-state index contributed by atoms with van der Waals surface area (Å²) in [5, 5.41) is 11.8. The number of benzene rings is 2. The molecule has 0 unspecified atom stereocenters. The molecule has 0 saturated heterocycles. The van der Waals surface area contributed by atoms with Crippen LogP contribution in [0, 0.1) is 0 Å². The zero-order valence-electron chi connectivity index (χ0n) is 15.8. The van der Waals surface area contributed by atoms with Crippen molar-refractivity contribution >= 4 is 34.4 Å². The molecule has 0 atom stereocenters. The van der Waals surface area contributed by atoms with Gasteiger partial charge in [-0.15, -0.1) is 11.3 Å². The molecule has 0 radical (unpaired) electrons. The molecule has 2 N–H and O–H groups in total. The predicted octanol–water partition coefficient (Wildman–Crippen LogP) is 4.85. The van der Waals surface area contributed by atoms with E-state index in [1.807, 2.05) is 83.0 Å². The minimum Gasteiger partial charge on any atom is -0.360 e. The van der Waals surface area contributed by atoms with Gasteiger partial charge in [-0.05, 0) is 29.6 Å². The highest BCUT2D eigenvalue weighted by Gasteiger charge is 2.13. The van der Waals surface area contributed by atoms with Gasteiger partial charge in [-0.1, -0.05) is 42.5 Å². The summed E-state index contributed by atoms with van der Waals surface area (Å²) in [4.78, 5) is 16.7. The first-order valence-electron chi connectivity index (χ1n) is 9.38. The van der Waals surface area contributed by atoms with Crippen LogP contribution in [-0.4, -0.2) is 26.9 Å². The van der Waals surface area contributed by atoms with Crippen molar-refractivity contribution < 1.29 is 4.79 Å². The number of hydrogen-bond acceptors (Lipinski definition) is 4. The van der Waals surface area contributed by atoms with Gasteiger partial charge in [0, 0.05) is 28.9 Å². The fraction of sp³-hybridized carbons (Fsp3) is 0. The van der Waals surface area contributed by atoms with Crippen LogP contribution >= 0.6 is 11.3 Å². The number of carbonyl (C=O) groups is 1. The van der Waals surface area contributed by atoms with Crippen molar-refractivity contribution in [1.29, 1.82) is 0 Å². The Morgan fingerprint density at radius 2 is 1.90 bits per heavy atom. The van der Waals surface area contributed by atoms with Crippen molar-refractivity contribution in [2.75, 3.05) is 0 Å². The quantitative estimate of drug-likeness (QED) is 0.321. The molecule has 7 heteroatoms. The highest BCUT2D eigenvalue weighted by Crippen LogP contribution is 2.27. The largest absolute Gasteiger partial charge is 0.360 e. The highest BCUT2D eigenvalue weighted by molar-refractivity contribution is 7.13. The molecule has 5 rings (SSSR count). The minimum absolute atomic E-state index is 0.267. The van der Waals surface area contributed by atoms with Crippen LogP contribution in [0.1, 0.15) is 15.9 Å². The number of thiophene rings is 1. The number of nitrogens with one attached hydrogen (secondary N) is 2. The normalized spacial score (nSPS) is 11.3. The fourth-order valence-electron chi connectivity index (χ4n) is 3.28.